The molecule has 138 valence electrons. The van der Waals surface area contributed by atoms with Gasteiger partial charge < -0.3 is 9.32 Å². The SMILES string of the molecule is Cc1cccnc1C(=O)N1CCCC1c1ncc(Cc2ccc(Cl)cc2)o1. The Kier molecular flexibility index (Phi) is 4.94. The highest BCUT2D eigenvalue weighted by Gasteiger charge is 2.34. The lowest BCUT2D eigenvalue weighted by atomic mass is 10.1. The third kappa shape index (κ3) is 3.74. The summed E-state index contributed by atoms with van der Waals surface area (Å²) in [5.41, 5.74) is 2.48. The second-order valence-electron chi connectivity index (χ2n) is 6.79. The van der Waals surface area contributed by atoms with Crippen LogP contribution in [0.4, 0.5) is 0 Å². The van der Waals surface area contributed by atoms with Gasteiger partial charge in [0, 0.05) is 24.2 Å². The smallest absolute Gasteiger partial charge is 0.273 e. The van der Waals surface area contributed by atoms with Crippen LogP contribution in [0.5, 0.6) is 0 Å². The van der Waals surface area contributed by atoms with E-state index >= 15 is 0 Å². The molecule has 1 aliphatic rings. The predicted molar refractivity (Wildman–Crippen MR) is 103 cm³/mol. The van der Waals surface area contributed by atoms with Crippen LogP contribution in [0.25, 0.3) is 0 Å². The summed E-state index contributed by atoms with van der Waals surface area (Å²) in [4.78, 5) is 23.5. The third-order valence-electron chi connectivity index (χ3n) is 4.87. The van der Waals surface area contributed by atoms with Gasteiger partial charge in [-0.1, -0.05) is 29.8 Å². The number of rotatable bonds is 4. The Balaban J connectivity index is 1.52. The average molecular weight is 382 g/mol. The van der Waals surface area contributed by atoms with Crippen LogP contribution in [0.3, 0.4) is 0 Å². The highest BCUT2D eigenvalue weighted by Crippen LogP contribution is 2.33. The van der Waals surface area contributed by atoms with Crippen molar-refractivity contribution in [2.45, 2.75) is 32.2 Å². The number of nitrogens with zero attached hydrogens (tertiary/aromatic N) is 3. The van der Waals surface area contributed by atoms with Gasteiger partial charge in [0.05, 0.1) is 6.20 Å². The van der Waals surface area contributed by atoms with Crippen LogP contribution >= 0.6 is 11.6 Å². The zero-order valence-electron chi connectivity index (χ0n) is 15.1. The summed E-state index contributed by atoms with van der Waals surface area (Å²) in [6.07, 6.45) is 5.82. The maximum Gasteiger partial charge on any atom is 0.273 e. The van der Waals surface area contributed by atoms with Gasteiger partial charge in [0.25, 0.3) is 5.91 Å². The summed E-state index contributed by atoms with van der Waals surface area (Å²) in [7, 11) is 0. The first kappa shape index (κ1) is 17.7. The van der Waals surface area contributed by atoms with E-state index in [2.05, 4.69) is 9.97 Å². The van der Waals surface area contributed by atoms with Crippen molar-refractivity contribution in [1.82, 2.24) is 14.9 Å². The van der Waals surface area contributed by atoms with Gasteiger partial charge in [0.2, 0.25) is 5.89 Å². The number of halogens is 1. The second-order valence-corrected chi connectivity index (χ2v) is 7.23. The Hall–Kier alpha value is -2.66. The molecule has 1 saturated heterocycles. The number of amides is 1. The molecule has 4 rings (SSSR count). The molecular weight excluding hydrogens is 362 g/mol. The Bertz CT molecular complexity index is 952. The van der Waals surface area contributed by atoms with E-state index in [9.17, 15) is 4.79 Å². The van der Waals surface area contributed by atoms with Crippen LogP contribution in [-0.4, -0.2) is 27.3 Å². The zero-order chi connectivity index (χ0) is 18.8. The minimum absolute atomic E-state index is 0.0620. The number of aromatic nitrogens is 2. The normalized spacial score (nSPS) is 16.7. The van der Waals surface area contributed by atoms with Crippen molar-refractivity contribution < 1.29 is 9.21 Å². The van der Waals surface area contributed by atoms with Crippen molar-refractivity contribution in [3.05, 3.63) is 82.3 Å². The van der Waals surface area contributed by atoms with Gasteiger partial charge >= 0.3 is 0 Å². The fourth-order valence-electron chi connectivity index (χ4n) is 3.47. The molecule has 1 atom stereocenters. The minimum Gasteiger partial charge on any atom is -0.443 e. The van der Waals surface area contributed by atoms with Crippen LogP contribution in [0.2, 0.25) is 5.02 Å². The molecule has 0 N–H and O–H groups in total. The molecule has 1 aliphatic heterocycles. The Morgan fingerprint density at radius 3 is 2.85 bits per heavy atom. The van der Waals surface area contributed by atoms with Crippen molar-refractivity contribution in [1.29, 1.82) is 0 Å². The number of hydrogen-bond donors (Lipinski definition) is 0. The first-order valence-electron chi connectivity index (χ1n) is 9.03. The van der Waals surface area contributed by atoms with Gasteiger partial charge in [-0.2, -0.15) is 0 Å². The third-order valence-corrected chi connectivity index (χ3v) is 5.13. The maximum atomic E-state index is 13.0. The highest BCUT2D eigenvalue weighted by atomic mass is 35.5. The average Bonchev–Trinajstić information content (AvgIpc) is 3.32. The van der Waals surface area contributed by atoms with Crippen molar-refractivity contribution in [3.8, 4) is 0 Å². The van der Waals surface area contributed by atoms with E-state index in [0.717, 1.165) is 29.7 Å². The Labute approximate surface area is 163 Å². The summed E-state index contributed by atoms with van der Waals surface area (Å²) in [6, 6.07) is 11.3. The molecule has 6 heteroatoms. The number of carbonyl (C=O) groups excluding carboxylic acids is 1. The van der Waals surface area contributed by atoms with E-state index in [-0.39, 0.29) is 11.9 Å². The van der Waals surface area contributed by atoms with Gasteiger partial charge in [0.15, 0.2) is 0 Å². The number of oxazole rings is 1. The number of pyridine rings is 1. The number of aryl methyl sites for hydroxylation is 1. The van der Waals surface area contributed by atoms with Gasteiger partial charge in [-0.05, 0) is 49.1 Å². The van der Waals surface area contributed by atoms with Crippen LogP contribution in [0, 0.1) is 6.92 Å². The molecule has 3 aromatic rings. The summed E-state index contributed by atoms with van der Waals surface area (Å²) in [5.74, 6) is 1.31. The van der Waals surface area contributed by atoms with Gasteiger partial charge in [0.1, 0.15) is 17.5 Å². The van der Waals surface area contributed by atoms with E-state index in [4.69, 9.17) is 16.0 Å². The topological polar surface area (TPSA) is 59.2 Å². The first-order valence-corrected chi connectivity index (χ1v) is 9.41. The lowest BCUT2D eigenvalue weighted by Gasteiger charge is -2.22. The molecule has 1 amide bonds. The second kappa shape index (κ2) is 7.53. The van der Waals surface area contributed by atoms with E-state index in [1.54, 1.807) is 12.4 Å². The standard InChI is InChI=1S/C21H20ClN3O2/c1-14-4-2-10-23-19(14)21(26)25-11-3-5-18(25)20-24-13-17(27-20)12-15-6-8-16(22)9-7-15/h2,4,6-10,13,18H,3,5,11-12H2,1H3. The zero-order valence-corrected chi connectivity index (χ0v) is 15.8. The number of carbonyl (C=O) groups is 1. The largest absolute Gasteiger partial charge is 0.443 e. The molecule has 0 bridgehead atoms. The van der Waals surface area contributed by atoms with Crippen LogP contribution < -0.4 is 0 Å². The number of hydrogen-bond acceptors (Lipinski definition) is 4. The number of benzene rings is 1. The molecule has 5 nitrogen and oxygen atoms in total. The predicted octanol–water partition coefficient (Wildman–Crippen LogP) is 4.60. The maximum absolute atomic E-state index is 13.0. The van der Waals surface area contributed by atoms with E-state index in [1.165, 1.54) is 0 Å². The quantitative estimate of drug-likeness (QED) is 0.662. The first-order chi connectivity index (χ1) is 13.1. The van der Waals surface area contributed by atoms with E-state index in [0.29, 0.717) is 29.6 Å². The summed E-state index contributed by atoms with van der Waals surface area (Å²) in [5, 5.41) is 0.710. The molecule has 0 saturated carbocycles. The molecule has 2 aromatic heterocycles. The molecule has 1 aromatic carbocycles. The minimum atomic E-state index is -0.141. The van der Waals surface area contributed by atoms with Crippen LogP contribution in [0.15, 0.2) is 53.2 Å². The molecule has 0 radical (unpaired) electrons. The van der Waals surface area contributed by atoms with Crippen LogP contribution in [0.1, 0.15) is 52.1 Å². The van der Waals surface area contributed by atoms with Crippen LogP contribution in [-0.2, 0) is 6.42 Å². The molecule has 0 spiro atoms. The van der Waals surface area contributed by atoms with Crippen molar-refractivity contribution in [2.24, 2.45) is 0 Å². The van der Waals surface area contributed by atoms with Crippen molar-refractivity contribution in [3.63, 3.8) is 0 Å². The van der Waals surface area contributed by atoms with E-state index in [1.807, 2.05) is 48.2 Å². The lowest BCUT2D eigenvalue weighted by molar-refractivity contribution is 0.0708. The van der Waals surface area contributed by atoms with Crippen molar-refractivity contribution in [2.75, 3.05) is 6.54 Å². The van der Waals surface area contributed by atoms with E-state index < -0.39 is 0 Å². The lowest BCUT2D eigenvalue weighted by Crippen LogP contribution is -2.31. The molecule has 1 unspecified atom stereocenters. The molecule has 27 heavy (non-hydrogen) atoms. The fraction of sp³-hybridized carbons (Fsp3) is 0.286. The van der Waals surface area contributed by atoms with Gasteiger partial charge in [-0.15, -0.1) is 0 Å². The van der Waals surface area contributed by atoms with Gasteiger partial charge in [-0.3, -0.25) is 9.78 Å². The number of likely N-dealkylation sites (tertiary alicyclic amines) is 1. The van der Waals surface area contributed by atoms with Gasteiger partial charge in [-0.25, -0.2) is 4.98 Å². The highest BCUT2D eigenvalue weighted by molar-refractivity contribution is 6.30. The monoisotopic (exact) mass is 381 g/mol. The molecule has 0 aliphatic carbocycles. The summed E-state index contributed by atoms with van der Waals surface area (Å²) < 4.78 is 5.99. The molecular formula is C21H20ClN3O2. The fourth-order valence-corrected chi connectivity index (χ4v) is 3.60. The van der Waals surface area contributed by atoms with Crippen molar-refractivity contribution >= 4 is 17.5 Å². The summed E-state index contributed by atoms with van der Waals surface area (Å²) >= 11 is 5.93. The molecule has 3 heterocycles. The summed E-state index contributed by atoms with van der Waals surface area (Å²) in [6.45, 7) is 2.59. The Morgan fingerprint density at radius 1 is 1.26 bits per heavy atom. The molecule has 1 fully saturated rings. The Morgan fingerprint density at radius 2 is 2.07 bits per heavy atom.